The molecular formula is C33H29ClN4O2S. The molecule has 3 heterocycles. The third kappa shape index (κ3) is 5.14. The molecule has 0 aliphatic carbocycles. The first-order chi connectivity index (χ1) is 19.9. The molecule has 8 heteroatoms. The minimum atomic E-state index is -0.167. The molecule has 5 aromatic rings. The third-order valence-corrected chi connectivity index (χ3v) is 7.91. The molecule has 6 rings (SSSR count). The van der Waals surface area contributed by atoms with Crippen LogP contribution in [0.1, 0.15) is 34.7 Å². The third-order valence-electron chi connectivity index (χ3n) is 7.36. The molecule has 2 atom stereocenters. The highest BCUT2D eigenvalue weighted by Crippen LogP contribution is 2.44. The second-order valence-electron chi connectivity index (χ2n) is 9.88. The highest BCUT2D eigenvalue weighted by atomic mass is 35.5. The van der Waals surface area contributed by atoms with Crippen LogP contribution in [-0.4, -0.2) is 21.8 Å². The van der Waals surface area contributed by atoms with E-state index in [1.54, 1.807) is 7.11 Å². The number of pyridine rings is 1. The zero-order chi connectivity index (χ0) is 28.5. The fourth-order valence-corrected chi connectivity index (χ4v) is 6.06. The summed E-state index contributed by atoms with van der Waals surface area (Å²) in [6, 6.07) is 31.3. The standard InChI is InChI=1S/C33H29ClN4O2S/c1-21-19-27(22(2)37(21)29-20-23(34)12-17-30(29)39-3)32-31(28-11-7-8-18-35-28)36-33(41)38(32)24-13-15-26(16-14-24)40-25-9-5-4-6-10-25/h4-20,31-32H,1-3H3,(H,36,41)/t31-,32-/m1/s1. The van der Waals surface area contributed by atoms with E-state index in [-0.39, 0.29) is 12.1 Å². The van der Waals surface area contributed by atoms with E-state index in [1.807, 2.05) is 97.2 Å². The summed E-state index contributed by atoms with van der Waals surface area (Å²) in [5.74, 6) is 2.28. The number of benzene rings is 3. The zero-order valence-corrected chi connectivity index (χ0v) is 24.5. The topological polar surface area (TPSA) is 51.5 Å². The number of ether oxygens (including phenoxy) is 2. The van der Waals surface area contributed by atoms with Crippen molar-refractivity contribution in [2.24, 2.45) is 0 Å². The number of nitrogens with zero attached hydrogens (tertiary/aromatic N) is 3. The van der Waals surface area contributed by atoms with Crippen LogP contribution in [0.25, 0.3) is 5.69 Å². The van der Waals surface area contributed by atoms with Gasteiger partial charge in [0.1, 0.15) is 17.2 Å². The van der Waals surface area contributed by atoms with Gasteiger partial charge in [-0.1, -0.05) is 35.9 Å². The van der Waals surface area contributed by atoms with Gasteiger partial charge in [0.05, 0.1) is 30.6 Å². The second-order valence-corrected chi connectivity index (χ2v) is 10.7. The lowest BCUT2D eigenvalue weighted by Crippen LogP contribution is -2.29. The molecule has 1 N–H and O–H groups in total. The summed E-state index contributed by atoms with van der Waals surface area (Å²) in [4.78, 5) is 6.87. The molecule has 1 aliphatic heterocycles. The Morgan fingerprint density at radius 1 is 0.878 bits per heavy atom. The molecule has 3 aromatic carbocycles. The van der Waals surface area contributed by atoms with E-state index in [2.05, 4.69) is 34.7 Å². The number of rotatable bonds is 7. The molecular weight excluding hydrogens is 552 g/mol. The Hall–Kier alpha value is -4.33. The smallest absolute Gasteiger partial charge is 0.174 e. The van der Waals surface area contributed by atoms with Gasteiger partial charge < -0.3 is 24.3 Å². The van der Waals surface area contributed by atoms with Crippen molar-refractivity contribution in [2.75, 3.05) is 12.0 Å². The molecule has 206 valence electrons. The van der Waals surface area contributed by atoms with Gasteiger partial charge in [0.15, 0.2) is 5.11 Å². The van der Waals surface area contributed by atoms with Crippen molar-refractivity contribution < 1.29 is 9.47 Å². The van der Waals surface area contributed by atoms with Crippen LogP contribution in [0.5, 0.6) is 17.2 Å². The highest BCUT2D eigenvalue weighted by Gasteiger charge is 2.42. The first-order valence-electron chi connectivity index (χ1n) is 13.3. The zero-order valence-electron chi connectivity index (χ0n) is 22.9. The maximum Gasteiger partial charge on any atom is 0.174 e. The predicted octanol–water partition coefficient (Wildman–Crippen LogP) is 8.12. The van der Waals surface area contributed by atoms with Crippen molar-refractivity contribution in [1.29, 1.82) is 0 Å². The normalized spacial score (nSPS) is 16.5. The number of para-hydroxylation sites is 1. The minimum absolute atomic E-state index is 0.163. The Morgan fingerprint density at radius 3 is 2.32 bits per heavy atom. The van der Waals surface area contributed by atoms with Gasteiger partial charge in [-0.3, -0.25) is 4.98 Å². The quantitative estimate of drug-likeness (QED) is 0.196. The average molecular weight is 581 g/mol. The molecule has 0 spiro atoms. The number of nitrogens with one attached hydrogen (secondary N) is 1. The van der Waals surface area contributed by atoms with E-state index < -0.39 is 0 Å². The second kappa shape index (κ2) is 11.3. The van der Waals surface area contributed by atoms with Crippen LogP contribution in [-0.2, 0) is 0 Å². The van der Waals surface area contributed by atoms with Gasteiger partial charge in [0.2, 0.25) is 0 Å². The number of thiocarbonyl (C=S) groups is 1. The van der Waals surface area contributed by atoms with Crippen LogP contribution in [0.3, 0.4) is 0 Å². The largest absolute Gasteiger partial charge is 0.495 e. The van der Waals surface area contributed by atoms with Crippen LogP contribution >= 0.6 is 23.8 Å². The van der Waals surface area contributed by atoms with Crippen molar-refractivity contribution in [3.63, 3.8) is 0 Å². The molecule has 1 saturated heterocycles. The lowest BCUT2D eigenvalue weighted by atomic mass is 9.96. The Bertz CT molecular complexity index is 1690. The van der Waals surface area contributed by atoms with Gasteiger partial charge in [-0.25, -0.2) is 0 Å². The van der Waals surface area contributed by atoms with E-state index in [9.17, 15) is 0 Å². The van der Waals surface area contributed by atoms with Crippen LogP contribution in [0, 0.1) is 13.8 Å². The van der Waals surface area contributed by atoms with Crippen molar-refractivity contribution >= 4 is 34.6 Å². The number of anilines is 1. The SMILES string of the molecule is COc1ccc(Cl)cc1-n1c(C)cc([C@@H]2[C@@H](c3ccccn3)NC(=S)N2c2ccc(Oc3ccccc3)cc2)c1C. The van der Waals surface area contributed by atoms with E-state index in [4.69, 9.17) is 38.3 Å². The number of halogens is 1. The summed E-state index contributed by atoms with van der Waals surface area (Å²) >= 11 is 12.4. The Labute approximate surface area is 250 Å². The first-order valence-corrected chi connectivity index (χ1v) is 14.1. The molecule has 41 heavy (non-hydrogen) atoms. The predicted molar refractivity (Wildman–Crippen MR) is 168 cm³/mol. The highest BCUT2D eigenvalue weighted by molar-refractivity contribution is 7.80. The van der Waals surface area contributed by atoms with Crippen molar-refractivity contribution in [3.8, 4) is 22.9 Å². The van der Waals surface area contributed by atoms with Gasteiger partial charge >= 0.3 is 0 Å². The monoisotopic (exact) mass is 580 g/mol. The van der Waals surface area contributed by atoms with E-state index >= 15 is 0 Å². The summed E-state index contributed by atoms with van der Waals surface area (Å²) in [5.41, 5.74) is 6.00. The van der Waals surface area contributed by atoms with Gasteiger partial charge in [-0.15, -0.1) is 0 Å². The lowest BCUT2D eigenvalue weighted by Gasteiger charge is -2.28. The van der Waals surface area contributed by atoms with Crippen molar-refractivity contribution in [1.82, 2.24) is 14.9 Å². The number of methoxy groups -OCH3 is 1. The van der Waals surface area contributed by atoms with Crippen LogP contribution in [0.2, 0.25) is 5.02 Å². The van der Waals surface area contributed by atoms with E-state index in [0.717, 1.165) is 51.3 Å². The summed E-state index contributed by atoms with van der Waals surface area (Å²) in [7, 11) is 1.67. The minimum Gasteiger partial charge on any atom is -0.495 e. The van der Waals surface area contributed by atoms with E-state index in [0.29, 0.717) is 10.1 Å². The molecule has 0 saturated carbocycles. The maximum absolute atomic E-state index is 6.43. The number of hydrogen-bond donors (Lipinski definition) is 1. The van der Waals surface area contributed by atoms with Crippen molar-refractivity contribution in [3.05, 3.63) is 131 Å². The Balaban J connectivity index is 1.44. The van der Waals surface area contributed by atoms with Gasteiger partial charge in [0, 0.05) is 28.3 Å². The Kier molecular flexibility index (Phi) is 7.39. The fourth-order valence-electron chi connectivity index (χ4n) is 5.54. The number of aromatic nitrogens is 2. The number of hydrogen-bond acceptors (Lipinski definition) is 4. The lowest BCUT2D eigenvalue weighted by molar-refractivity contribution is 0.412. The summed E-state index contributed by atoms with van der Waals surface area (Å²) in [5, 5.41) is 4.83. The molecule has 0 bridgehead atoms. The van der Waals surface area contributed by atoms with Crippen molar-refractivity contribution in [2.45, 2.75) is 25.9 Å². The molecule has 1 aliphatic rings. The summed E-state index contributed by atoms with van der Waals surface area (Å²) in [6.45, 7) is 4.21. The summed E-state index contributed by atoms with van der Waals surface area (Å²) in [6.07, 6.45) is 1.82. The first kappa shape index (κ1) is 26.9. The molecule has 6 nitrogen and oxygen atoms in total. The number of aryl methyl sites for hydroxylation is 1. The molecule has 0 unspecified atom stereocenters. The van der Waals surface area contributed by atoms with Crippen LogP contribution < -0.4 is 19.7 Å². The molecule has 2 aromatic heterocycles. The van der Waals surface area contributed by atoms with Crippen LogP contribution in [0.4, 0.5) is 5.69 Å². The molecule has 0 amide bonds. The maximum atomic E-state index is 6.43. The fraction of sp³-hybridized carbons (Fsp3) is 0.152. The van der Waals surface area contributed by atoms with Gasteiger partial charge in [0.25, 0.3) is 0 Å². The molecule has 1 fully saturated rings. The molecule has 0 radical (unpaired) electrons. The average Bonchev–Trinajstić information content (AvgIpc) is 3.49. The summed E-state index contributed by atoms with van der Waals surface area (Å²) < 4.78 is 13.9. The van der Waals surface area contributed by atoms with Gasteiger partial charge in [-0.05, 0) is 104 Å². The van der Waals surface area contributed by atoms with Gasteiger partial charge in [-0.2, -0.15) is 0 Å². The van der Waals surface area contributed by atoms with E-state index in [1.165, 1.54) is 0 Å². The van der Waals surface area contributed by atoms with Crippen LogP contribution in [0.15, 0.2) is 103 Å². The Morgan fingerprint density at radius 2 is 1.61 bits per heavy atom.